The summed E-state index contributed by atoms with van der Waals surface area (Å²) in [6.45, 7) is 0. The predicted molar refractivity (Wildman–Crippen MR) is 73.2 cm³/mol. The van der Waals surface area contributed by atoms with Crippen LogP contribution < -0.4 is 5.73 Å². The molecule has 3 heteroatoms. The molecule has 0 aliphatic heterocycles. The maximum atomic E-state index is 6.03. The molecule has 1 fully saturated rings. The molecule has 0 heterocycles. The minimum atomic E-state index is 0.673. The molecule has 0 radical (unpaired) electrons. The Hall–Kier alpha value is -0.340. The molecule has 16 heavy (non-hydrogen) atoms. The normalized spacial score (nSPS) is 18.3. The number of nitrogens with two attached hydrogens (primary N) is 1. The monoisotopic (exact) mass is 255 g/mol. The molecule has 0 bridgehead atoms. The first kappa shape index (κ1) is 12.1. The number of nitrogen functional groups attached to an aromatic ring is 1. The van der Waals surface area contributed by atoms with Gasteiger partial charge in [-0.25, -0.2) is 0 Å². The van der Waals surface area contributed by atoms with Gasteiger partial charge in [-0.1, -0.05) is 37.3 Å². The number of benzene rings is 1. The van der Waals surface area contributed by atoms with E-state index in [0.29, 0.717) is 10.7 Å². The molecule has 0 saturated heterocycles. The van der Waals surface area contributed by atoms with E-state index in [2.05, 4.69) is 6.07 Å². The van der Waals surface area contributed by atoms with E-state index < -0.39 is 0 Å². The smallest absolute Gasteiger partial charge is 0.0646 e. The molecule has 1 aromatic rings. The average molecular weight is 256 g/mol. The van der Waals surface area contributed by atoms with Crippen LogP contribution >= 0.6 is 23.4 Å². The summed E-state index contributed by atoms with van der Waals surface area (Å²) in [6.07, 6.45) is 8.24. The van der Waals surface area contributed by atoms with Crippen molar-refractivity contribution in [2.24, 2.45) is 0 Å². The van der Waals surface area contributed by atoms with Gasteiger partial charge in [0.2, 0.25) is 0 Å². The van der Waals surface area contributed by atoms with Gasteiger partial charge < -0.3 is 5.73 Å². The van der Waals surface area contributed by atoms with Gasteiger partial charge >= 0.3 is 0 Å². The van der Waals surface area contributed by atoms with Crippen molar-refractivity contribution in [2.75, 3.05) is 5.73 Å². The minimum Gasteiger partial charge on any atom is -0.398 e. The first-order chi connectivity index (χ1) is 7.75. The molecule has 0 unspecified atom stereocenters. The van der Waals surface area contributed by atoms with E-state index in [1.54, 1.807) is 0 Å². The van der Waals surface area contributed by atoms with Gasteiger partial charge in [0.05, 0.1) is 10.7 Å². The van der Waals surface area contributed by atoms with Crippen LogP contribution in [0.1, 0.15) is 38.5 Å². The van der Waals surface area contributed by atoms with Gasteiger partial charge in [0, 0.05) is 10.1 Å². The Morgan fingerprint density at radius 3 is 2.44 bits per heavy atom. The van der Waals surface area contributed by atoms with Crippen LogP contribution in [0.3, 0.4) is 0 Å². The molecule has 88 valence electrons. The summed E-state index contributed by atoms with van der Waals surface area (Å²) in [7, 11) is 0. The van der Waals surface area contributed by atoms with Crippen molar-refractivity contribution in [3.05, 3.63) is 23.2 Å². The van der Waals surface area contributed by atoms with E-state index in [4.69, 9.17) is 17.3 Å². The van der Waals surface area contributed by atoms with Gasteiger partial charge in [-0.2, -0.15) is 0 Å². The first-order valence-corrected chi connectivity index (χ1v) is 7.23. The average Bonchev–Trinajstić information content (AvgIpc) is 2.52. The Balaban J connectivity index is 1.99. The minimum absolute atomic E-state index is 0.673. The van der Waals surface area contributed by atoms with Crippen LogP contribution in [0.15, 0.2) is 23.1 Å². The summed E-state index contributed by atoms with van der Waals surface area (Å²) in [4.78, 5) is 1.26. The van der Waals surface area contributed by atoms with E-state index in [-0.39, 0.29) is 0 Å². The van der Waals surface area contributed by atoms with Crippen molar-refractivity contribution in [2.45, 2.75) is 48.7 Å². The second-order valence-corrected chi connectivity index (χ2v) is 6.20. The third-order valence-electron chi connectivity index (χ3n) is 3.08. The molecule has 1 saturated carbocycles. The highest BCUT2D eigenvalue weighted by molar-refractivity contribution is 8.00. The highest BCUT2D eigenvalue weighted by Gasteiger charge is 2.13. The zero-order valence-electron chi connectivity index (χ0n) is 9.42. The van der Waals surface area contributed by atoms with Crippen molar-refractivity contribution < 1.29 is 0 Å². The van der Waals surface area contributed by atoms with E-state index in [1.807, 2.05) is 23.9 Å². The fourth-order valence-corrected chi connectivity index (χ4v) is 3.67. The number of thioether (sulfide) groups is 1. The van der Waals surface area contributed by atoms with Gasteiger partial charge in [-0.3, -0.25) is 0 Å². The molecule has 2 N–H and O–H groups in total. The lowest BCUT2D eigenvalue weighted by Crippen LogP contribution is -1.99. The lowest BCUT2D eigenvalue weighted by molar-refractivity contribution is 0.702. The van der Waals surface area contributed by atoms with Crippen LogP contribution in [0.4, 0.5) is 5.69 Å². The Bertz CT molecular complexity index is 346. The second-order valence-electron chi connectivity index (χ2n) is 4.41. The number of hydrogen-bond donors (Lipinski definition) is 1. The lowest BCUT2D eigenvalue weighted by atomic mass is 10.2. The second kappa shape index (κ2) is 5.83. The van der Waals surface area contributed by atoms with Crippen LogP contribution in [0.2, 0.25) is 5.02 Å². The summed E-state index contributed by atoms with van der Waals surface area (Å²) in [5, 5.41) is 1.45. The lowest BCUT2D eigenvalue weighted by Gasteiger charge is -2.13. The van der Waals surface area contributed by atoms with E-state index in [9.17, 15) is 0 Å². The zero-order chi connectivity index (χ0) is 11.4. The number of hydrogen-bond acceptors (Lipinski definition) is 2. The van der Waals surface area contributed by atoms with Crippen LogP contribution in [0.5, 0.6) is 0 Å². The summed E-state index contributed by atoms with van der Waals surface area (Å²) in [5.41, 5.74) is 6.38. The van der Waals surface area contributed by atoms with Crippen molar-refractivity contribution in [3.8, 4) is 0 Å². The summed E-state index contributed by atoms with van der Waals surface area (Å²) in [6, 6.07) is 5.98. The van der Waals surface area contributed by atoms with Crippen molar-refractivity contribution >= 4 is 29.1 Å². The van der Waals surface area contributed by atoms with Gasteiger partial charge in [0.15, 0.2) is 0 Å². The Morgan fingerprint density at radius 1 is 1.12 bits per heavy atom. The van der Waals surface area contributed by atoms with Gasteiger partial charge in [0.25, 0.3) is 0 Å². The van der Waals surface area contributed by atoms with Crippen molar-refractivity contribution in [3.63, 3.8) is 0 Å². The quantitative estimate of drug-likeness (QED) is 0.610. The Kier molecular flexibility index (Phi) is 4.42. The van der Waals surface area contributed by atoms with Crippen LogP contribution in [-0.2, 0) is 0 Å². The third-order valence-corrected chi connectivity index (χ3v) is 4.74. The molecule has 1 aliphatic carbocycles. The molecule has 0 aromatic heterocycles. The Morgan fingerprint density at radius 2 is 1.81 bits per heavy atom. The fourth-order valence-electron chi connectivity index (χ4n) is 2.13. The van der Waals surface area contributed by atoms with E-state index in [1.165, 1.54) is 43.4 Å². The van der Waals surface area contributed by atoms with Crippen LogP contribution in [-0.4, -0.2) is 5.25 Å². The standard InChI is InChI=1S/C13H18ClNS/c14-12-9-11(7-8-13(12)15)16-10-5-3-1-2-4-6-10/h7-10H,1-6,15H2. The summed E-state index contributed by atoms with van der Waals surface area (Å²) in [5.74, 6) is 0. The number of anilines is 1. The molecule has 1 aliphatic rings. The SMILES string of the molecule is Nc1ccc(SC2CCCCCC2)cc1Cl. The molecule has 0 amide bonds. The van der Waals surface area contributed by atoms with Crippen LogP contribution in [0.25, 0.3) is 0 Å². The molecular formula is C13H18ClNS. The first-order valence-electron chi connectivity index (χ1n) is 5.97. The maximum Gasteiger partial charge on any atom is 0.0646 e. The molecular weight excluding hydrogens is 238 g/mol. The third kappa shape index (κ3) is 3.33. The van der Waals surface area contributed by atoms with Crippen molar-refractivity contribution in [1.82, 2.24) is 0 Å². The largest absolute Gasteiger partial charge is 0.398 e. The molecule has 0 atom stereocenters. The number of rotatable bonds is 2. The Labute approximate surface area is 107 Å². The van der Waals surface area contributed by atoms with Crippen LogP contribution in [0, 0.1) is 0 Å². The van der Waals surface area contributed by atoms with Gasteiger partial charge in [-0.15, -0.1) is 11.8 Å². The highest BCUT2D eigenvalue weighted by Crippen LogP contribution is 2.34. The van der Waals surface area contributed by atoms with E-state index >= 15 is 0 Å². The maximum absolute atomic E-state index is 6.03. The molecule has 2 rings (SSSR count). The highest BCUT2D eigenvalue weighted by atomic mass is 35.5. The fraction of sp³-hybridized carbons (Fsp3) is 0.538. The van der Waals surface area contributed by atoms with E-state index in [0.717, 1.165) is 5.25 Å². The zero-order valence-corrected chi connectivity index (χ0v) is 11.0. The van der Waals surface area contributed by atoms with Gasteiger partial charge in [0.1, 0.15) is 0 Å². The topological polar surface area (TPSA) is 26.0 Å². The van der Waals surface area contributed by atoms with Gasteiger partial charge in [-0.05, 0) is 31.0 Å². The summed E-state index contributed by atoms with van der Waals surface area (Å²) < 4.78 is 0. The molecule has 1 aromatic carbocycles. The van der Waals surface area contributed by atoms with Crippen molar-refractivity contribution in [1.29, 1.82) is 0 Å². The predicted octanol–water partition coefficient (Wildman–Crippen LogP) is 4.74. The molecule has 0 spiro atoms. The molecule has 1 nitrogen and oxygen atoms in total. The summed E-state index contributed by atoms with van der Waals surface area (Å²) >= 11 is 7.99. The number of halogens is 1.